The molecule has 120 valence electrons. The Bertz CT molecular complexity index is 633. The van der Waals surface area contributed by atoms with Crippen LogP contribution in [0.25, 0.3) is 10.2 Å². The summed E-state index contributed by atoms with van der Waals surface area (Å²) in [6, 6.07) is 2.01. The Morgan fingerprint density at radius 1 is 1.45 bits per heavy atom. The summed E-state index contributed by atoms with van der Waals surface area (Å²) in [5.74, 6) is 0.889. The molecule has 2 aromatic heterocycles. The fourth-order valence-corrected chi connectivity index (χ4v) is 4.25. The highest BCUT2D eigenvalue weighted by molar-refractivity contribution is 7.20. The maximum atomic E-state index is 12.7. The van der Waals surface area contributed by atoms with Gasteiger partial charge < -0.3 is 10.2 Å². The Kier molecular flexibility index (Phi) is 4.49. The molecule has 3 heterocycles. The third kappa shape index (κ3) is 2.90. The van der Waals surface area contributed by atoms with Crippen molar-refractivity contribution in [3.05, 3.63) is 16.6 Å². The Balaban J connectivity index is 1.67. The molecule has 1 N–H and O–H groups in total. The molecule has 1 aliphatic rings. The topological polar surface area (TPSA) is 50.2 Å². The highest BCUT2D eigenvalue weighted by Gasteiger charge is 2.25. The van der Waals surface area contributed by atoms with Gasteiger partial charge >= 0.3 is 0 Å². The molecular weight excluding hydrogens is 296 g/mol. The molecule has 1 saturated heterocycles. The largest absolute Gasteiger partial charge is 0.338 e. The van der Waals surface area contributed by atoms with Gasteiger partial charge in [-0.15, -0.1) is 11.3 Å². The standard InChI is InChI=1S/C16H24N4OS/c1-4-17-10-12-5-7-20(8-6-12)15(21)14-9-13-11(2)18-19(3)16(13)22-14/h9,12,17H,4-8,10H2,1-3H3. The number of nitrogens with one attached hydrogen (secondary N) is 1. The molecule has 0 spiro atoms. The van der Waals surface area contributed by atoms with Gasteiger partial charge in [0.25, 0.3) is 5.91 Å². The predicted octanol–water partition coefficient (Wildman–Crippen LogP) is 2.40. The van der Waals surface area contributed by atoms with Crippen LogP contribution in [0.5, 0.6) is 0 Å². The number of amides is 1. The average molecular weight is 320 g/mol. The zero-order chi connectivity index (χ0) is 15.7. The second-order valence-electron chi connectivity index (χ2n) is 6.08. The molecule has 0 radical (unpaired) electrons. The van der Waals surface area contributed by atoms with Crippen LogP contribution >= 0.6 is 11.3 Å². The molecule has 5 nitrogen and oxygen atoms in total. The van der Waals surface area contributed by atoms with Crippen LogP contribution in [0, 0.1) is 12.8 Å². The van der Waals surface area contributed by atoms with Crippen molar-refractivity contribution in [2.45, 2.75) is 26.7 Å². The van der Waals surface area contributed by atoms with Crippen molar-refractivity contribution in [2.75, 3.05) is 26.2 Å². The van der Waals surface area contributed by atoms with E-state index in [0.29, 0.717) is 5.92 Å². The van der Waals surface area contributed by atoms with E-state index in [4.69, 9.17) is 0 Å². The summed E-state index contributed by atoms with van der Waals surface area (Å²) in [6.45, 7) is 7.98. The van der Waals surface area contributed by atoms with E-state index in [9.17, 15) is 4.79 Å². The maximum absolute atomic E-state index is 12.7. The summed E-state index contributed by atoms with van der Waals surface area (Å²) in [4.78, 5) is 16.6. The van der Waals surface area contributed by atoms with Gasteiger partial charge in [-0.05, 0) is 44.8 Å². The summed E-state index contributed by atoms with van der Waals surface area (Å²) >= 11 is 1.56. The van der Waals surface area contributed by atoms with Crippen molar-refractivity contribution in [1.29, 1.82) is 0 Å². The van der Waals surface area contributed by atoms with Gasteiger partial charge in [-0.1, -0.05) is 6.92 Å². The molecule has 22 heavy (non-hydrogen) atoms. The third-order valence-electron chi connectivity index (χ3n) is 4.49. The van der Waals surface area contributed by atoms with Gasteiger partial charge in [0.2, 0.25) is 0 Å². The number of aryl methyl sites for hydroxylation is 2. The van der Waals surface area contributed by atoms with Gasteiger partial charge in [0.05, 0.1) is 10.6 Å². The van der Waals surface area contributed by atoms with Crippen LogP contribution in [0.1, 0.15) is 35.1 Å². The first-order valence-corrected chi connectivity index (χ1v) is 8.85. The zero-order valence-electron chi connectivity index (χ0n) is 13.6. The van der Waals surface area contributed by atoms with E-state index in [2.05, 4.69) is 17.3 Å². The van der Waals surface area contributed by atoms with Crippen LogP contribution in [0.3, 0.4) is 0 Å². The molecule has 3 rings (SSSR count). The van der Waals surface area contributed by atoms with Crippen LogP contribution in [0.4, 0.5) is 0 Å². The first kappa shape index (κ1) is 15.5. The molecular formula is C16H24N4OS. The maximum Gasteiger partial charge on any atom is 0.264 e. The van der Waals surface area contributed by atoms with Crippen LogP contribution in [-0.4, -0.2) is 46.8 Å². The average Bonchev–Trinajstić information content (AvgIpc) is 3.07. The third-order valence-corrected chi connectivity index (χ3v) is 5.68. The number of thiophene rings is 1. The van der Waals surface area contributed by atoms with E-state index in [1.807, 2.05) is 29.6 Å². The monoisotopic (exact) mass is 320 g/mol. The number of aromatic nitrogens is 2. The number of carbonyl (C=O) groups excluding carboxylic acids is 1. The SMILES string of the molecule is CCNCC1CCN(C(=O)c2cc3c(C)nn(C)c3s2)CC1. The molecule has 6 heteroatoms. The first-order valence-electron chi connectivity index (χ1n) is 8.03. The molecule has 0 atom stereocenters. The van der Waals surface area contributed by atoms with Crippen molar-refractivity contribution in [3.8, 4) is 0 Å². The van der Waals surface area contributed by atoms with E-state index in [1.165, 1.54) is 0 Å². The molecule has 1 amide bonds. The highest BCUT2D eigenvalue weighted by Crippen LogP contribution is 2.29. The van der Waals surface area contributed by atoms with E-state index in [0.717, 1.165) is 59.8 Å². The number of hydrogen-bond acceptors (Lipinski definition) is 4. The summed E-state index contributed by atoms with van der Waals surface area (Å²) in [7, 11) is 1.94. The molecule has 0 aliphatic carbocycles. The van der Waals surface area contributed by atoms with Crippen molar-refractivity contribution < 1.29 is 4.79 Å². The molecule has 0 saturated carbocycles. The van der Waals surface area contributed by atoms with E-state index in [-0.39, 0.29) is 5.91 Å². The van der Waals surface area contributed by atoms with E-state index in [1.54, 1.807) is 11.3 Å². The zero-order valence-corrected chi connectivity index (χ0v) is 14.4. The minimum Gasteiger partial charge on any atom is -0.338 e. The van der Waals surface area contributed by atoms with Gasteiger partial charge in [-0.2, -0.15) is 5.10 Å². The summed E-state index contributed by atoms with van der Waals surface area (Å²) in [5.41, 5.74) is 0.997. The fraction of sp³-hybridized carbons (Fsp3) is 0.625. The highest BCUT2D eigenvalue weighted by atomic mass is 32.1. The normalized spacial score (nSPS) is 16.6. The van der Waals surface area contributed by atoms with Crippen LogP contribution < -0.4 is 5.32 Å². The van der Waals surface area contributed by atoms with Gasteiger partial charge in [0.1, 0.15) is 4.83 Å². The second-order valence-corrected chi connectivity index (χ2v) is 7.11. The van der Waals surface area contributed by atoms with Gasteiger partial charge in [-0.3, -0.25) is 9.48 Å². The van der Waals surface area contributed by atoms with Crippen molar-refractivity contribution in [3.63, 3.8) is 0 Å². The Labute approximate surface area is 135 Å². The van der Waals surface area contributed by atoms with Gasteiger partial charge in [0, 0.05) is 25.5 Å². The number of piperidine rings is 1. The lowest BCUT2D eigenvalue weighted by atomic mass is 9.96. The minimum atomic E-state index is 0.183. The van der Waals surface area contributed by atoms with Gasteiger partial charge in [-0.25, -0.2) is 0 Å². The summed E-state index contributed by atoms with van der Waals surface area (Å²) in [6.07, 6.45) is 2.20. The smallest absolute Gasteiger partial charge is 0.264 e. The number of nitrogens with zero attached hydrogens (tertiary/aromatic N) is 3. The fourth-order valence-electron chi connectivity index (χ4n) is 3.16. The Hall–Kier alpha value is -1.40. The van der Waals surface area contributed by atoms with E-state index >= 15 is 0 Å². The number of fused-ring (bicyclic) bond motifs is 1. The molecule has 0 bridgehead atoms. The molecule has 1 fully saturated rings. The lowest BCUT2D eigenvalue weighted by molar-refractivity contribution is 0.0695. The van der Waals surface area contributed by atoms with Gasteiger partial charge in [0.15, 0.2) is 0 Å². The van der Waals surface area contributed by atoms with Crippen molar-refractivity contribution >= 4 is 27.5 Å². The van der Waals surface area contributed by atoms with Crippen LogP contribution in [0.2, 0.25) is 0 Å². The van der Waals surface area contributed by atoms with Crippen LogP contribution in [0.15, 0.2) is 6.07 Å². The Morgan fingerprint density at radius 2 is 2.18 bits per heavy atom. The summed E-state index contributed by atoms with van der Waals surface area (Å²) < 4.78 is 1.87. The number of carbonyl (C=O) groups is 1. The van der Waals surface area contributed by atoms with Crippen molar-refractivity contribution in [2.24, 2.45) is 13.0 Å². The second kappa shape index (κ2) is 6.38. The minimum absolute atomic E-state index is 0.183. The summed E-state index contributed by atoms with van der Waals surface area (Å²) in [5, 5.41) is 8.92. The number of rotatable bonds is 4. The van der Waals surface area contributed by atoms with Crippen molar-refractivity contribution in [1.82, 2.24) is 20.0 Å². The Morgan fingerprint density at radius 3 is 2.82 bits per heavy atom. The lowest BCUT2D eigenvalue weighted by Gasteiger charge is -2.31. The quantitative estimate of drug-likeness (QED) is 0.941. The number of hydrogen-bond donors (Lipinski definition) is 1. The predicted molar refractivity (Wildman–Crippen MR) is 90.5 cm³/mol. The molecule has 1 aliphatic heterocycles. The van der Waals surface area contributed by atoms with Crippen LogP contribution in [-0.2, 0) is 7.05 Å². The number of likely N-dealkylation sites (tertiary alicyclic amines) is 1. The lowest BCUT2D eigenvalue weighted by Crippen LogP contribution is -2.40. The molecule has 2 aromatic rings. The molecule has 0 aromatic carbocycles. The van der Waals surface area contributed by atoms with E-state index < -0.39 is 0 Å². The first-order chi connectivity index (χ1) is 10.6. The molecule has 0 unspecified atom stereocenters.